The van der Waals surface area contributed by atoms with E-state index in [-0.39, 0.29) is 29.3 Å². The topological polar surface area (TPSA) is 64.6 Å². The number of carbonyl (C=O) groups is 1. The molecule has 0 bridgehead atoms. The van der Waals surface area contributed by atoms with Gasteiger partial charge in [-0.25, -0.2) is 9.00 Å². The van der Waals surface area contributed by atoms with E-state index in [9.17, 15) is 22.2 Å². The molecule has 0 aliphatic heterocycles. The van der Waals surface area contributed by atoms with Gasteiger partial charge in [0.05, 0.1) is 17.6 Å². The molecule has 0 spiro atoms. The van der Waals surface area contributed by atoms with Crippen LogP contribution in [-0.2, 0) is 25.3 Å². The van der Waals surface area contributed by atoms with E-state index in [0.717, 1.165) is 12.0 Å². The molecule has 0 amide bonds. The van der Waals surface area contributed by atoms with Crippen molar-refractivity contribution in [2.45, 2.75) is 76.8 Å². The maximum atomic E-state index is 14.4. The highest BCUT2D eigenvalue weighted by Gasteiger charge is 2.66. The fourth-order valence-electron chi connectivity index (χ4n) is 3.92. The minimum absolute atomic E-state index is 0.0632. The molecule has 2 unspecified atom stereocenters. The second-order valence-electron chi connectivity index (χ2n) is 8.57. The summed E-state index contributed by atoms with van der Waals surface area (Å²) in [6, 6.07) is 6.16. The van der Waals surface area contributed by atoms with Gasteiger partial charge in [-0.15, -0.1) is 0 Å². The Morgan fingerprint density at radius 1 is 1.23 bits per heavy atom. The maximum Gasteiger partial charge on any atom is 0.443 e. The average Bonchev–Trinajstić information content (AvgIpc) is 2.66. The van der Waals surface area contributed by atoms with Crippen LogP contribution in [-0.4, -0.2) is 34.8 Å². The van der Waals surface area contributed by atoms with Gasteiger partial charge in [0.2, 0.25) is 0 Å². The molecule has 0 heterocycles. The number of aryl methyl sites for hydroxylation is 1. The van der Waals surface area contributed by atoms with Crippen molar-refractivity contribution in [2.24, 2.45) is 17.8 Å². The summed E-state index contributed by atoms with van der Waals surface area (Å²) in [5.41, 5.74) is -2.67. The summed E-state index contributed by atoms with van der Waals surface area (Å²) in [7, 11) is -2.36. The van der Waals surface area contributed by atoms with Crippen molar-refractivity contribution < 1.29 is 31.6 Å². The Hall–Kier alpha value is -1.45. The molecule has 1 aromatic carbocycles. The summed E-state index contributed by atoms with van der Waals surface area (Å²) in [5, 5.41) is 0. The smallest absolute Gasteiger partial charge is 0.443 e. The number of nitrogens with one attached hydrogen (secondary N) is 1. The molecule has 5 atom stereocenters. The zero-order valence-electron chi connectivity index (χ0n) is 18.6. The monoisotopic (exact) mass is 463 g/mol. The highest BCUT2D eigenvalue weighted by atomic mass is 32.2. The molecule has 1 aliphatic rings. The average molecular weight is 464 g/mol. The van der Waals surface area contributed by atoms with E-state index >= 15 is 0 Å². The fourth-order valence-corrected chi connectivity index (χ4v) is 4.92. The molecular weight excluding hydrogens is 431 g/mol. The minimum atomic E-state index is -5.19. The van der Waals surface area contributed by atoms with E-state index in [1.54, 1.807) is 19.1 Å². The molecule has 1 aliphatic carbocycles. The van der Waals surface area contributed by atoms with E-state index in [1.165, 1.54) is 19.1 Å². The molecule has 0 radical (unpaired) electrons. The third-order valence-electron chi connectivity index (χ3n) is 5.72. The lowest BCUT2D eigenvalue weighted by atomic mass is 9.75. The summed E-state index contributed by atoms with van der Waals surface area (Å²) in [6.07, 6.45) is -4.08. The van der Waals surface area contributed by atoms with Gasteiger partial charge in [-0.1, -0.05) is 44.9 Å². The molecule has 1 fully saturated rings. The van der Waals surface area contributed by atoms with Crippen LogP contribution in [0.5, 0.6) is 0 Å². The molecule has 2 rings (SSSR count). The largest absolute Gasteiger partial charge is 0.463 e. The Morgan fingerprint density at radius 2 is 1.84 bits per heavy atom. The molecule has 9 heteroatoms. The van der Waals surface area contributed by atoms with Gasteiger partial charge in [0, 0.05) is 0 Å². The number of hydrogen-bond donors (Lipinski definition) is 1. The van der Waals surface area contributed by atoms with Gasteiger partial charge in [0.15, 0.2) is 0 Å². The Kier molecular flexibility index (Phi) is 8.69. The van der Waals surface area contributed by atoms with Crippen LogP contribution in [0.25, 0.3) is 0 Å². The van der Waals surface area contributed by atoms with E-state index in [2.05, 4.69) is 0 Å². The van der Waals surface area contributed by atoms with Crippen molar-refractivity contribution >= 4 is 17.0 Å². The van der Waals surface area contributed by atoms with Gasteiger partial charge >= 0.3 is 17.9 Å². The second kappa shape index (κ2) is 10.4. The Morgan fingerprint density at radius 3 is 2.35 bits per heavy atom. The first-order valence-corrected chi connectivity index (χ1v) is 11.7. The third-order valence-corrected chi connectivity index (χ3v) is 6.90. The Labute approximate surface area is 184 Å². The fraction of sp³-hybridized carbons (Fsp3) is 0.682. The standard InChI is InChI=1S/C22H32F3NO4S/c1-6-29-20(27)21(22(23,24)25,26-31(28)17-10-7-15(4)8-11-17)30-19-13-16(5)9-12-18(19)14(2)3/h7-8,10-11,14,16,18-19,26H,6,9,12-13H2,1-5H3/t16-,18+,19-,21?,31?/m1/s1. The highest BCUT2D eigenvalue weighted by molar-refractivity contribution is 7.83. The SMILES string of the molecule is CCOC(=O)C(NS(=O)c1ccc(C)cc1)(O[C@@H]1C[C@H](C)CC[C@H]1C(C)C)C(F)(F)F. The van der Waals surface area contributed by atoms with Crippen molar-refractivity contribution in [1.82, 2.24) is 4.72 Å². The quantitative estimate of drug-likeness (QED) is 0.440. The summed E-state index contributed by atoms with van der Waals surface area (Å²) < 4.78 is 68.6. The second-order valence-corrected chi connectivity index (χ2v) is 9.78. The molecule has 0 saturated heterocycles. The van der Waals surface area contributed by atoms with Crippen molar-refractivity contribution in [1.29, 1.82) is 0 Å². The molecule has 31 heavy (non-hydrogen) atoms. The first kappa shape index (κ1) is 25.8. The van der Waals surface area contributed by atoms with E-state index < -0.39 is 35.0 Å². The number of ether oxygens (including phenoxy) is 2. The van der Waals surface area contributed by atoms with Gasteiger partial charge in [-0.05, 0) is 56.6 Å². The van der Waals surface area contributed by atoms with E-state index in [0.29, 0.717) is 12.8 Å². The lowest BCUT2D eigenvalue weighted by Crippen LogP contribution is -2.67. The first-order chi connectivity index (χ1) is 14.4. The molecule has 1 aromatic rings. The molecule has 0 aromatic heterocycles. The number of hydrogen-bond acceptors (Lipinski definition) is 4. The summed E-state index contributed by atoms with van der Waals surface area (Å²) in [4.78, 5) is 12.8. The van der Waals surface area contributed by atoms with E-state index in [1.807, 2.05) is 25.5 Å². The predicted octanol–water partition coefficient (Wildman–Crippen LogP) is 4.91. The van der Waals surface area contributed by atoms with Crippen molar-refractivity contribution in [3.63, 3.8) is 0 Å². The molecule has 5 nitrogen and oxygen atoms in total. The van der Waals surface area contributed by atoms with Crippen molar-refractivity contribution in [3.05, 3.63) is 29.8 Å². The molecule has 1 N–H and O–H groups in total. The minimum Gasteiger partial charge on any atom is -0.463 e. The zero-order valence-corrected chi connectivity index (χ0v) is 19.4. The van der Waals surface area contributed by atoms with Crippen LogP contribution < -0.4 is 4.72 Å². The van der Waals surface area contributed by atoms with Crippen LogP contribution in [0.1, 0.15) is 52.5 Å². The van der Waals surface area contributed by atoms with Crippen LogP contribution in [0, 0.1) is 24.7 Å². The van der Waals surface area contributed by atoms with Gasteiger partial charge in [-0.3, -0.25) is 0 Å². The van der Waals surface area contributed by atoms with Crippen LogP contribution in [0.4, 0.5) is 13.2 Å². The van der Waals surface area contributed by atoms with Gasteiger partial charge in [0.1, 0.15) is 11.0 Å². The van der Waals surface area contributed by atoms with Crippen LogP contribution in [0.2, 0.25) is 0 Å². The number of halogens is 3. The van der Waals surface area contributed by atoms with E-state index in [4.69, 9.17) is 9.47 Å². The lowest BCUT2D eigenvalue weighted by molar-refractivity contribution is -0.300. The summed E-state index contributed by atoms with van der Waals surface area (Å²) >= 11 is 0. The maximum absolute atomic E-state index is 14.4. The van der Waals surface area contributed by atoms with Gasteiger partial charge in [-0.2, -0.15) is 17.9 Å². The van der Waals surface area contributed by atoms with Gasteiger partial charge < -0.3 is 9.47 Å². The summed E-state index contributed by atoms with van der Waals surface area (Å²) in [6.45, 7) is 8.74. The summed E-state index contributed by atoms with van der Waals surface area (Å²) in [5.74, 6) is -1.59. The highest BCUT2D eigenvalue weighted by Crippen LogP contribution is 2.42. The zero-order chi connectivity index (χ0) is 23.4. The number of esters is 1. The van der Waals surface area contributed by atoms with Crippen molar-refractivity contribution in [3.8, 4) is 0 Å². The number of rotatable bonds is 8. The molecule has 1 saturated carbocycles. The van der Waals surface area contributed by atoms with Gasteiger partial charge in [0.25, 0.3) is 0 Å². The molecular formula is C22H32F3NO4S. The van der Waals surface area contributed by atoms with Crippen LogP contribution >= 0.6 is 0 Å². The lowest BCUT2D eigenvalue weighted by Gasteiger charge is -2.43. The first-order valence-electron chi connectivity index (χ1n) is 10.6. The predicted molar refractivity (Wildman–Crippen MR) is 112 cm³/mol. The molecule has 176 valence electrons. The third kappa shape index (κ3) is 6.08. The Bertz CT molecular complexity index is 769. The Balaban J connectivity index is 2.48. The van der Waals surface area contributed by atoms with Crippen molar-refractivity contribution in [2.75, 3.05) is 6.61 Å². The van der Waals surface area contributed by atoms with Crippen LogP contribution in [0.3, 0.4) is 0 Å². The number of carbonyl (C=O) groups excluding carboxylic acids is 1. The number of benzene rings is 1. The number of alkyl halides is 3. The normalized spacial score (nSPS) is 25.1. The van der Waals surface area contributed by atoms with Crippen LogP contribution in [0.15, 0.2) is 29.2 Å².